The van der Waals surface area contributed by atoms with E-state index in [1.807, 2.05) is 6.07 Å². The van der Waals surface area contributed by atoms with Crippen LogP contribution in [0, 0.1) is 0 Å². The van der Waals surface area contributed by atoms with Crippen LogP contribution in [0.4, 0.5) is 18.9 Å². The molecule has 1 saturated heterocycles. The standard InChI is InChI=1S/C23H26F3N7O2/c1-27-21(34)18-5-4-16(13-28-18)32-10-8-31(9-11-32)15-3-2-14(12-15)20-29-22(35)19-17(23(24,25)26)6-7-33(19)30-20/h4-7,13-15H,2-3,8-12H2,1H3,(H,27,34)(H,29,30,35). The highest BCUT2D eigenvalue weighted by molar-refractivity contribution is 5.92. The van der Waals surface area contributed by atoms with Gasteiger partial charge in [-0.1, -0.05) is 0 Å². The number of carbonyl (C=O) groups excluding carboxylic acids is 1. The topological polar surface area (TPSA) is 98.6 Å². The average molecular weight is 490 g/mol. The number of amides is 1. The van der Waals surface area contributed by atoms with Gasteiger partial charge in [0.2, 0.25) is 0 Å². The summed E-state index contributed by atoms with van der Waals surface area (Å²) in [7, 11) is 1.57. The van der Waals surface area contributed by atoms with Gasteiger partial charge in [0.25, 0.3) is 11.5 Å². The number of hydrogen-bond donors (Lipinski definition) is 2. The summed E-state index contributed by atoms with van der Waals surface area (Å²) >= 11 is 0. The zero-order valence-electron chi connectivity index (χ0n) is 19.2. The first-order valence-corrected chi connectivity index (χ1v) is 11.6. The van der Waals surface area contributed by atoms with Crippen molar-refractivity contribution in [1.82, 2.24) is 29.8 Å². The Labute approximate surface area is 198 Å². The van der Waals surface area contributed by atoms with E-state index in [2.05, 4.69) is 30.2 Å². The Balaban J connectivity index is 1.22. The number of anilines is 1. The van der Waals surface area contributed by atoms with E-state index in [1.165, 1.54) is 6.20 Å². The van der Waals surface area contributed by atoms with Gasteiger partial charge in [-0.3, -0.25) is 14.5 Å². The number of aromatic amines is 1. The van der Waals surface area contributed by atoms with Crippen molar-refractivity contribution in [3.63, 3.8) is 0 Å². The van der Waals surface area contributed by atoms with Crippen LogP contribution < -0.4 is 15.8 Å². The van der Waals surface area contributed by atoms with E-state index in [1.54, 1.807) is 19.3 Å². The summed E-state index contributed by atoms with van der Waals surface area (Å²) in [5, 5.41) is 6.87. The summed E-state index contributed by atoms with van der Waals surface area (Å²) in [6.07, 6.45) is 0.859. The minimum atomic E-state index is -4.60. The molecule has 12 heteroatoms. The van der Waals surface area contributed by atoms with Crippen LogP contribution in [0.3, 0.4) is 0 Å². The first kappa shape index (κ1) is 23.3. The van der Waals surface area contributed by atoms with Crippen LogP contribution in [0.2, 0.25) is 0 Å². The molecule has 1 aliphatic carbocycles. The summed E-state index contributed by atoms with van der Waals surface area (Å²) < 4.78 is 40.6. The van der Waals surface area contributed by atoms with E-state index < -0.39 is 22.8 Å². The Morgan fingerprint density at radius 2 is 1.91 bits per heavy atom. The molecule has 0 radical (unpaired) electrons. The lowest BCUT2D eigenvalue weighted by Gasteiger charge is -2.39. The number of rotatable bonds is 4. The molecule has 0 aromatic carbocycles. The van der Waals surface area contributed by atoms with Gasteiger partial charge in [-0.15, -0.1) is 0 Å². The molecule has 9 nitrogen and oxygen atoms in total. The zero-order chi connectivity index (χ0) is 24.7. The number of nitrogens with zero attached hydrogens (tertiary/aromatic N) is 5. The molecule has 2 aliphatic rings. The molecular formula is C23H26F3N7O2. The fourth-order valence-corrected chi connectivity index (χ4v) is 5.18. The Morgan fingerprint density at radius 1 is 1.14 bits per heavy atom. The molecule has 186 valence electrons. The second-order valence-corrected chi connectivity index (χ2v) is 9.03. The van der Waals surface area contributed by atoms with E-state index in [4.69, 9.17) is 0 Å². The molecule has 0 bridgehead atoms. The predicted octanol–water partition coefficient (Wildman–Crippen LogP) is 2.25. The number of carbonyl (C=O) groups is 1. The molecule has 5 rings (SSSR count). The number of alkyl halides is 3. The van der Waals surface area contributed by atoms with E-state index in [0.29, 0.717) is 17.6 Å². The van der Waals surface area contributed by atoms with Crippen LogP contribution >= 0.6 is 0 Å². The van der Waals surface area contributed by atoms with Crippen molar-refractivity contribution in [3.8, 4) is 0 Å². The molecule has 2 N–H and O–H groups in total. The maximum Gasteiger partial charge on any atom is 0.418 e. The predicted molar refractivity (Wildman–Crippen MR) is 123 cm³/mol. The Kier molecular flexibility index (Phi) is 5.99. The van der Waals surface area contributed by atoms with Crippen LogP contribution in [0.5, 0.6) is 0 Å². The lowest BCUT2D eigenvalue weighted by atomic mass is 10.1. The van der Waals surface area contributed by atoms with Gasteiger partial charge in [0.15, 0.2) is 0 Å². The number of fused-ring (bicyclic) bond motifs is 1. The first-order chi connectivity index (χ1) is 16.7. The average Bonchev–Trinajstić information content (AvgIpc) is 3.52. The highest BCUT2D eigenvalue weighted by atomic mass is 19.4. The largest absolute Gasteiger partial charge is 0.418 e. The van der Waals surface area contributed by atoms with Gasteiger partial charge >= 0.3 is 6.18 Å². The van der Waals surface area contributed by atoms with Crippen molar-refractivity contribution < 1.29 is 18.0 Å². The van der Waals surface area contributed by atoms with Gasteiger partial charge in [-0.25, -0.2) is 9.50 Å². The van der Waals surface area contributed by atoms with E-state index in [0.717, 1.165) is 61.7 Å². The van der Waals surface area contributed by atoms with Crippen molar-refractivity contribution in [2.75, 3.05) is 38.1 Å². The third-order valence-electron chi connectivity index (χ3n) is 7.04. The molecule has 2 fully saturated rings. The molecular weight excluding hydrogens is 463 g/mol. The summed E-state index contributed by atoms with van der Waals surface area (Å²) in [6.45, 7) is 3.38. The first-order valence-electron chi connectivity index (χ1n) is 11.6. The number of piperazine rings is 1. The highest BCUT2D eigenvalue weighted by Crippen LogP contribution is 2.36. The molecule has 3 aromatic heterocycles. The van der Waals surface area contributed by atoms with Gasteiger partial charge in [-0.05, 0) is 37.5 Å². The summed E-state index contributed by atoms with van der Waals surface area (Å²) in [5.74, 6) is 0.216. The number of nitrogens with one attached hydrogen (secondary N) is 2. The van der Waals surface area contributed by atoms with Crippen molar-refractivity contribution in [3.05, 3.63) is 58.0 Å². The monoisotopic (exact) mass is 489 g/mol. The fourth-order valence-electron chi connectivity index (χ4n) is 5.18. The van der Waals surface area contributed by atoms with Crippen LogP contribution in [-0.4, -0.2) is 69.7 Å². The SMILES string of the molecule is CNC(=O)c1ccc(N2CCN(C3CCC(c4nn5ccc(C(F)(F)F)c5c(=O)[nH]4)C3)CC2)cn1. The quantitative estimate of drug-likeness (QED) is 0.584. The molecule has 2 atom stereocenters. The van der Waals surface area contributed by atoms with Crippen LogP contribution in [0.25, 0.3) is 5.52 Å². The van der Waals surface area contributed by atoms with Crippen molar-refractivity contribution in [2.45, 2.75) is 37.4 Å². The lowest BCUT2D eigenvalue weighted by Crippen LogP contribution is -2.49. The van der Waals surface area contributed by atoms with Gasteiger partial charge in [0.1, 0.15) is 17.0 Å². The Hall–Kier alpha value is -3.41. The lowest BCUT2D eigenvalue weighted by molar-refractivity contribution is -0.136. The van der Waals surface area contributed by atoms with Crippen molar-refractivity contribution in [1.29, 1.82) is 0 Å². The molecule has 3 aromatic rings. The van der Waals surface area contributed by atoms with Crippen molar-refractivity contribution in [2.24, 2.45) is 0 Å². The van der Waals surface area contributed by atoms with Gasteiger partial charge in [0.05, 0.1) is 17.4 Å². The number of pyridine rings is 1. The number of H-pyrrole nitrogens is 1. The van der Waals surface area contributed by atoms with E-state index in [-0.39, 0.29) is 11.8 Å². The van der Waals surface area contributed by atoms with Crippen molar-refractivity contribution >= 4 is 17.1 Å². The zero-order valence-corrected chi connectivity index (χ0v) is 19.2. The molecule has 35 heavy (non-hydrogen) atoms. The summed E-state index contributed by atoms with van der Waals surface area (Å²) in [4.78, 5) is 35.6. The molecule has 1 amide bonds. The molecule has 1 aliphatic heterocycles. The highest BCUT2D eigenvalue weighted by Gasteiger charge is 2.36. The van der Waals surface area contributed by atoms with E-state index in [9.17, 15) is 22.8 Å². The third kappa shape index (κ3) is 4.49. The van der Waals surface area contributed by atoms with Gasteiger partial charge in [-0.2, -0.15) is 18.3 Å². The summed E-state index contributed by atoms with van der Waals surface area (Å²) in [6, 6.07) is 4.84. The van der Waals surface area contributed by atoms with Gasteiger partial charge in [0, 0.05) is 51.4 Å². The molecule has 1 saturated carbocycles. The van der Waals surface area contributed by atoms with Crippen LogP contribution in [0.1, 0.15) is 47.1 Å². The maximum absolute atomic E-state index is 13.2. The smallest absolute Gasteiger partial charge is 0.368 e. The van der Waals surface area contributed by atoms with Gasteiger partial charge < -0.3 is 15.2 Å². The van der Waals surface area contributed by atoms with Crippen LogP contribution in [0.15, 0.2) is 35.4 Å². The second kappa shape index (κ2) is 8.99. The third-order valence-corrected chi connectivity index (χ3v) is 7.04. The van der Waals surface area contributed by atoms with E-state index >= 15 is 0 Å². The Morgan fingerprint density at radius 3 is 2.57 bits per heavy atom. The number of hydrogen-bond acceptors (Lipinski definition) is 6. The molecule has 4 heterocycles. The second-order valence-electron chi connectivity index (χ2n) is 9.03. The minimum absolute atomic E-state index is 0.00618. The number of aromatic nitrogens is 4. The number of halogens is 3. The fraction of sp³-hybridized carbons (Fsp3) is 0.478. The minimum Gasteiger partial charge on any atom is -0.368 e. The summed E-state index contributed by atoms with van der Waals surface area (Å²) in [5.41, 5.74) is -0.850. The Bertz CT molecular complexity index is 1280. The van der Waals surface area contributed by atoms with Crippen LogP contribution in [-0.2, 0) is 6.18 Å². The molecule has 0 spiro atoms. The normalized spacial score (nSPS) is 21.5. The molecule has 2 unspecified atom stereocenters. The maximum atomic E-state index is 13.2.